The first-order chi connectivity index (χ1) is 15.8. The van der Waals surface area contributed by atoms with E-state index in [4.69, 9.17) is 10.00 Å². The molecule has 0 aliphatic heterocycles. The van der Waals surface area contributed by atoms with Crippen molar-refractivity contribution in [3.63, 3.8) is 0 Å². The van der Waals surface area contributed by atoms with E-state index in [-0.39, 0.29) is 12.2 Å². The summed E-state index contributed by atoms with van der Waals surface area (Å²) in [5, 5.41) is 13.2. The van der Waals surface area contributed by atoms with Gasteiger partial charge in [0, 0.05) is 5.56 Å². The lowest BCUT2D eigenvalue weighted by atomic mass is 10.0. The highest BCUT2D eigenvalue weighted by Crippen LogP contribution is 2.08. The summed E-state index contributed by atoms with van der Waals surface area (Å²) in [5.41, 5.74) is 1.15. The van der Waals surface area contributed by atoms with Gasteiger partial charge in [-0.1, -0.05) is 30.3 Å². The minimum absolute atomic E-state index is 0.00566. The molecule has 0 aromatic heterocycles. The Kier molecular flexibility index (Phi) is 9.27. The van der Waals surface area contributed by atoms with Crippen LogP contribution in [0.5, 0.6) is 0 Å². The quantitative estimate of drug-likeness (QED) is 0.303. The highest BCUT2D eigenvalue weighted by atomic mass is 16.5. The number of rotatable bonds is 10. The molecule has 10 heteroatoms. The third-order valence-corrected chi connectivity index (χ3v) is 4.30. The highest BCUT2D eigenvalue weighted by molar-refractivity contribution is 6.14. The molecule has 2 aromatic rings. The van der Waals surface area contributed by atoms with Crippen molar-refractivity contribution < 1.29 is 33.4 Å². The Morgan fingerprint density at radius 2 is 1.64 bits per heavy atom. The molecule has 0 radical (unpaired) electrons. The van der Waals surface area contributed by atoms with Crippen LogP contribution in [0, 0.1) is 11.3 Å². The van der Waals surface area contributed by atoms with Crippen LogP contribution in [0.15, 0.2) is 54.6 Å². The lowest BCUT2D eigenvalue weighted by molar-refractivity contribution is -0.147. The van der Waals surface area contributed by atoms with Gasteiger partial charge >= 0.3 is 11.9 Å². The van der Waals surface area contributed by atoms with Crippen LogP contribution in [0.3, 0.4) is 0 Å². The van der Waals surface area contributed by atoms with E-state index in [0.29, 0.717) is 5.56 Å². The van der Waals surface area contributed by atoms with Crippen molar-refractivity contribution in [2.24, 2.45) is 0 Å². The van der Waals surface area contributed by atoms with Gasteiger partial charge in [-0.3, -0.25) is 19.2 Å². The maximum Gasteiger partial charge on any atom is 0.336 e. The number of ether oxygens (including phenoxy) is 2. The Balaban J connectivity index is 1.85. The molecule has 0 bridgehead atoms. The number of Topliss-reactive ketones (excluding diaryl/α,β-unsaturated/α-hetero) is 1. The Morgan fingerprint density at radius 1 is 0.970 bits per heavy atom. The predicted octanol–water partition coefficient (Wildman–Crippen LogP) is 0.648. The zero-order valence-electron chi connectivity index (χ0n) is 17.7. The standard InChI is InChI=1S/C23H21N3O7/c1-32-23(31)21(22(30)17-9-7-15(12-24)8-10-17)26-19(28)13-25-18(27)11-20(29)33-14-16-5-3-2-4-6-16/h2-10,21H,11,13-14H2,1H3,(H,25,27)(H,26,28). The number of ketones is 1. The molecule has 0 aliphatic carbocycles. The molecule has 0 spiro atoms. The molecule has 2 N–H and O–H groups in total. The zero-order chi connectivity index (χ0) is 24.2. The molecule has 170 valence electrons. The Hall–Kier alpha value is -4.52. The van der Waals surface area contributed by atoms with Gasteiger partial charge in [0.2, 0.25) is 11.8 Å². The van der Waals surface area contributed by atoms with Crippen molar-refractivity contribution >= 4 is 29.5 Å². The first-order valence-corrected chi connectivity index (χ1v) is 9.72. The number of carbonyl (C=O) groups is 5. The molecule has 0 fully saturated rings. The van der Waals surface area contributed by atoms with Gasteiger partial charge in [0.25, 0.3) is 0 Å². The van der Waals surface area contributed by atoms with E-state index in [1.807, 2.05) is 12.1 Å². The molecule has 0 saturated carbocycles. The number of nitrogens with zero attached hydrogens (tertiary/aromatic N) is 1. The maximum absolute atomic E-state index is 12.6. The van der Waals surface area contributed by atoms with Crippen molar-refractivity contribution in [3.05, 3.63) is 71.3 Å². The number of methoxy groups -OCH3 is 1. The predicted molar refractivity (Wildman–Crippen MR) is 113 cm³/mol. The summed E-state index contributed by atoms with van der Waals surface area (Å²) in [4.78, 5) is 60.4. The van der Waals surface area contributed by atoms with Gasteiger partial charge in [-0.05, 0) is 29.8 Å². The Labute approximate surface area is 189 Å². The van der Waals surface area contributed by atoms with Crippen molar-refractivity contribution in [1.82, 2.24) is 10.6 Å². The number of amides is 2. The first-order valence-electron chi connectivity index (χ1n) is 9.72. The van der Waals surface area contributed by atoms with Gasteiger partial charge in [0.1, 0.15) is 13.0 Å². The summed E-state index contributed by atoms with van der Waals surface area (Å²) in [7, 11) is 1.05. The zero-order valence-corrected chi connectivity index (χ0v) is 17.7. The van der Waals surface area contributed by atoms with E-state index >= 15 is 0 Å². The molecule has 10 nitrogen and oxygen atoms in total. The molecule has 0 heterocycles. The van der Waals surface area contributed by atoms with Crippen LogP contribution in [0.4, 0.5) is 0 Å². The number of esters is 2. The highest BCUT2D eigenvalue weighted by Gasteiger charge is 2.30. The summed E-state index contributed by atoms with van der Waals surface area (Å²) in [6, 6.07) is 14.6. The number of nitriles is 1. The molecule has 2 rings (SSSR count). The minimum atomic E-state index is -1.65. The smallest absolute Gasteiger partial charge is 0.336 e. The minimum Gasteiger partial charge on any atom is -0.467 e. The summed E-state index contributed by atoms with van der Waals surface area (Å²) < 4.78 is 9.55. The normalized spacial score (nSPS) is 10.8. The molecule has 2 aromatic carbocycles. The van der Waals surface area contributed by atoms with Crippen molar-refractivity contribution in [2.45, 2.75) is 19.1 Å². The Morgan fingerprint density at radius 3 is 2.24 bits per heavy atom. The van der Waals surface area contributed by atoms with E-state index in [0.717, 1.165) is 12.7 Å². The molecular weight excluding hydrogens is 430 g/mol. The van der Waals surface area contributed by atoms with E-state index in [1.54, 1.807) is 24.3 Å². The molecule has 2 amide bonds. The van der Waals surface area contributed by atoms with Crippen LogP contribution >= 0.6 is 0 Å². The summed E-state index contributed by atoms with van der Waals surface area (Å²) in [6.07, 6.45) is -0.606. The second-order valence-corrected chi connectivity index (χ2v) is 6.68. The van der Waals surface area contributed by atoms with Gasteiger partial charge in [0.15, 0.2) is 11.8 Å². The SMILES string of the molecule is COC(=O)C(NC(=O)CNC(=O)CC(=O)OCc1ccccc1)C(=O)c1ccc(C#N)cc1. The second kappa shape index (κ2) is 12.4. The molecule has 0 aliphatic rings. The Bertz CT molecular complexity index is 1060. The largest absolute Gasteiger partial charge is 0.467 e. The lowest BCUT2D eigenvalue weighted by Gasteiger charge is -2.16. The topological polar surface area (TPSA) is 152 Å². The van der Waals surface area contributed by atoms with E-state index in [9.17, 15) is 24.0 Å². The van der Waals surface area contributed by atoms with Gasteiger partial charge in [-0.15, -0.1) is 0 Å². The van der Waals surface area contributed by atoms with Crippen LogP contribution in [0.25, 0.3) is 0 Å². The molecule has 1 unspecified atom stereocenters. The van der Waals surface area contributed by atoms with Crippen LogP contribution in [0.2, 0.25) is 0 Å². The van der Waals surface area contributed by atoms with E-state index < -0.39 is 48.5 Å². The van der Waals surface area contributed by atoms with Crippen LogP contribution < -0.4 is 10.6 Å². The number of nitrogens with one attached hydrogen (secondary N) is 2. The van der Waals surface area contributed by atoms with Crippen molar-refractivity contribution in [2.75, 3.05) is 13.7 Å². The fourth-order valence-electron chi connectivity index (χ4n) is 2.60. The third kappa shape index (κ3) is 7.91. The van der Waals surface area contributed by atoms with Gasteiger partial charge in [-0.2, -0.15) is 5.26 Å². The number of benzene rings is 2. The molecule has 0 saturated heterocycles. The van der Waals surface area contributed by atoms with Crippen LogP contribution in [-0.2, 0) is 35.3 Å². The summed E-state index contributed by atoms with van der Waals surface area (Å²) in [6.45, 7) is -0.579. The van der Waals surface area contributed by atoms with Crippen molar-refractivity contribution in [3.8, 4) is 6.07 Å². The van der Waals surface area contributed by atoms with Gasteiger partial charge in [-0.25, -0.2) is 4.79 Å². The molecular formula is C23H21N3O7. The summed E-state index contributed by atoms with van der Waals surface area (Å²) >= 11 is 0. The van der Waals surface area contributed by atoms with E-state index in [1.165, 1.54) is 24.3 Å². The monoisotopic (exact) mass is 451 g/mol. The van der Waals surface area contributed by atoms with Crippen LogP contribution in [0.1, 0.15) is 27.9 Å². The average molecular weight is 451 g/mol. The molecule has 33 heavy (non-hydrogen) atoms. The molecule has 1 atom stereocenters. The number of hydrogen-bond donors (Lipinski definition) is 2. The first kappa shape index (κ1) is 24.7. The number of hydrogen-bond acceptors (Lipinski definition) is 8. The van der Waals surface area contributed by atoms with Crippen molar-refractivity contribution in [1.29, 1.82) is 5.26 Å². The fourth-order valence-corrected chi connectivity index (χ4v) is 2.60. The van der Waals surface area contributed by atoms with E-state index in [2.05, 4.69) is 15.4 Å². The summed E-state index contributed by atoms with van der Waals surface area (Å²) in [5.74, 6) is -4.15. The second-order valence-electron chi connectivity index (χ2n) is 6.68. The van der Waals surface area contributed by atoms with Gasteiger partial charge in [0.05, 0.1) is 25.3 Å². The van der Waals surface area contributed by atoms with Gasteiger partial charge < -0.3 is 20.1 Å². The van der Waals surface area contributed by atoms with Crippen LogP contribution in [-0.4, -0.2) is 49.2 Å². The maximum atomic E-state index is 12.6. The third-order valence-electron chi connectivity index (χ3n) is 4.30. The lowest BCUT2D eigenvalue weighted by Crippen LogP contribution is -2.50. The average Bonchev–Trinajstić information content (AvgIpc) is 2.84. The number of carbonyl (C=O) groups excluding carboxylic acids is 5. The fraction of sp³-hybridized carbons (Fsp3) is 0.217.